The van der Waals surface area contributed by atoms with Gasteiger partial charge in [0.2, 0.25) is 0 Å². The van der Waals surface area contributed by atoms with Gasteiger partial charge in [0.15, 0.2) is 0 Å². The fraction of sp³-hybridized carbons (Fsp3) is 0.316. The Bertz CT molecular complexity index is 626. The minimum atomic E-state index is -0.0110. The summed E-state index contributed by atoms with van der Waals surface area (Å²) in [4.78, 5) is 14.8. The summed E-state index contributed by atoms with van der Waals surface area (Å²) in [6.07, 6.45) is 0. The monoisotopic (exact) mass is 422 g/mol. The standard InChI is InChI=1S/C19H23IN2O/c1-3-22(4-2)18(15-10-6-5-7-11-15)14-21-19(23)16-12-8-9-13-17(16)20/h5-13,18H,3-4,14H2,1-2H3,(H,21,23). The van der Waals surface area contributed by atoms with Crippen LogP contribution >= 0.6 is 22.6 Å². The second kappa shape index (κ2) is 9.03. The van der Waals surface area contributed by atoms with E-state index in [2.05, 4.69) is 58.8 Å². The highest BCUT2D eigenvalue weighted by atomic mass is 127. The molecule has 2 aromatic rings. The van der Waals surface area contributed by atoms with E-state index in [1.807, 2.05) is 42.5 Å². The Morgan fingerprint density at radius 2 is 1.65 bits per heavy atom. The normalized spacial score (nSPS) is 12.2. The van der Waals surface area contributed by atoms with Crippen LogP contribution in [0.15, 0.2) is 54.6 Å². The molecule has 0 heterocycles. The highest BCUT2D eigenvalue weighted by Gasteiger charge is 2.19. The number of benzene rings is 2. The average Bonchev–Trinajstić information content (AvgIpc) is 2.59. The molecule has 23 heavy (non-hydrogen) atoms. The zero-order valence-corrected chi connectivity index (χ0v) is 15.8. The third-order valence-electron chi connectivity index (χ3n) is 4.01. The van der Waals surface area contributed by atoms with Gasteiger partial charge in [0.25, 0.3) is 5.91 Å². The highest BCUT2D eigenvalue weighted by molar-refractivity contribution is 14.1. The summed E-state index contributed by atoms with van der Waals surface area (Å²) in [6.45, 7) is 6.82. The van der Waals surface area contributed by atoms with Crippen LogP contribution in [0.4, 0.5) is 0 Å². The van der Waals surface area contributed by atoms with Crippen molar-refractivity contribution in [2.24, 2.45) is 0 Å². The number of rotatable bonds is 7. The van der Waals surface area contributed by atoms with E-state index < -0.39 is 0 Å². The van der Waals surface area contributed by atoms with E-state index in [4.69, 9.17) is 0 Å². The van der Waals surface area contributed by atoms with Crippen molar-refractivity contribution in [3.8, 4) is 0 Å². The third kappa shape index (κ3) is 4.78. The first-order valence-corrected chi connectivity index (χ1v) is 9.07. The second-order valence-corrected chi connectivity index (χ2v) is 6.50. The van der Waals surface area contributed by atoms with Crippen molar-refractivity contribution in [3.05, 3.63) is 69.3 Å². The molecule has 4 heteroatoms. The summed E-state index contributed by atoms with van der Waals surface area (Å²) in [5, 5.41) is 3.10. The van der Waals surface area contributed by atoms with E-state index in [-0.39, 0.29) is 11.9 Å². The molecule has 0 aliphatic carbocycles. The summed E-state index contributed by atoms with van der Waals surface area (Å²) in [5.41, 5.74) is 1.97. The van der Waals surface area contributed by atoms with Gasteiger partial charge >= 0.3 is 0 Å². The van der Waals surface area contributed by atoms with Gasteiger partial charge in [0, 0.05) is 10.1 Å². The fourth-order valence-corrected chi connectivity index (χ4v) is 3.36. The van der Waals surface area contributed by atoms with E-state index in [0.717, 1.165) is 22.2 Å². The number of amides is 1. The van der Waals surface area contributed by atoms with E-state index in [1.54, 1.807) is 0 Å². The van der Waals surface area contributed by atoms with Crippen molar-refractivity contribution in [2.45, 2.75) is 19.9 Å². The molecule has 0 aromatic heterocycles. The van der Waals surface area contributed by atoms with Crippen LogP contribution in [-0.4, -0.2) is 30.4 Å². The zero-order chi connectivity index (χ0) is 16.7. The molecule has 1 unspecified atom stereocenters. The highest BCUT2D eigenvalue weighted by Crippen LogP contribution is 2.20. The van der Waals surface area contributed by atoms with Gasteiger partial charge in [-0.3, -0.25) is 9.69 Å². The molecule has 0 saturated carbocycles. The molecule has 0 spiro atoms. The Morgan fingerprint density at radius 1 is 1.04 bits per heavy atom. The maximum atomic E-state index is 12.5. The molecule has 0 fully saturated rings. The van der Waals surface area contributed by atoms with Crippen LogP contribution in [0.2, 0.25) is 0 Å². The van der Waals surface area contributed by atoms with Gasteiger partial charge < -0.3 is 5.32 Å². The van der Waals surface area contributed by atoms with Crippen molar-refractivity contribution in [1.29, 1.82) is 0 Å². The molecule has 0 saturated heterocycles. The lowest BCUT2D eigenvalue weighted by atomic mass is 10.0. The lowest BCUT2D eigenvalue weighted by Gasteiger charge is -2.30. The summed E-state index contributed by atoms with van der Waals surface area (Å²) < 4.78 is 0.974. The smallest absolute Gasteiger partial charge is 0.252 e. The van der Waals surface area contributed by atoms with E-state index in [0.29, 0.717) is 6.54 Å². The molecule has 122 valence electrons. The minimum Gasteiger partial charge on any atom is -0.350 e. The quantitative estimate of drug-likeness (QED) is 0.682. The Labute approximate surface area is 152 Å². The van der Waals surface area contributed by atoms with Crippen LogP contribution < -0.4 is 5.32 Å². The molecule has 0 aliphatic heterocycles. The summed E-state index contributed by atoms with van der Waals surface area (Å²) in [7, 11) is 0. The van der Waals surface area contributed by atoms with Crippen molar-refractivity contribution in [2.75, 3.05) is 19.6 Å². The lowest BCUT2D eigenvalue weighted by Crippen LogP contribution is -2.38. The predicted octanol–water partition coefficient (Wildman–Crippen LogP) is 4.10. The maximum Gasteiger partial charge on any atom is 0.252 e. The van der Waals surface area contributed by atoms with Gasteiger partial charge in [-0.2, -0.15) is 0 Å². The van der Waals surface area contributed by atoms with Crippen LogP contribution in [0.25, 0.3) is 0 Å². The molecular formula is C19H23IN2O. The first kappa shape index (κ1) is 17.9. The van der Waals surface area contributed by atoms with Crippen molar-refractivity contribution in [1.82, 2.24) is 10.2 Å². The van der Waals surface area contributed by atoms with Crippen LogP contribution in [0, 0.1) is 3.57 Å². The van der Waals surface area contributed by atoms with Crippen molar-refractivity contribution >= 4 is 28.5 Å². The van der Waals surface area contributed by atoms with E-state index >= 15 is 0 Å². The Morgan fingerprint density at radius 3 is 2.26 bits per heavy atom. The Hall–Kier alpha value is -1.40. The minimum absolute atomic E-state index is 0.0110. The number of hydrogen-bond donors (Lipinski definition) is 1. The van der Waals surface area contributed by atoms with Crippen LogP contribution in [0.3, 0.4) is 0 Å². The summed E-state index contributed by atoms with van der Waals surface area (Å²) in [6, 6.07) is 18.2. The summed E-state index contributed by atoms with van der Waals surface area (Å²) >= 11 is 2.20. The first-order chi connectivity index (χ1) is 11.2. The van der Waals surface area contributed by atoms with Gasteiger partial charge in [-0.25, -0.2) is 0 Å². The molecule has 1 amide bonds. The Kier molecular flexibility index (Phi) is 7.05. The van der Waals surface area contributed by atoms with Gasteiger partial charge in [0.1, 0.15) is 0 Å². The molecule has 3 nitrogen and oxygen atoms in total. The number of likely N-dealkylation sites (N-methyl/N-ethyl adjacent to an activating group) is 1. The number of hydrogen-bond acceptors (Lipinski definition) is 2. The number of halogens is 1. The van der Waals surface area contributed by atoms with Gasteiger partial charge in [0.05, 0.1) is 11.6 Å². The molecule has 0 aliphatic rings. The first-order valence-electron chi connectivity index (χ1n) is 7.99. The number of nitrogens with zero attached hydrogens (tertiary/aromatic N) is 1. The largest absolute Gasteiger partial charge is 0.350 e. The molecule has 0 radical (unpaired) electrons. The fourth-order valence-electron chi connectivity index (χ4n) is 2.73. The molecule has 1 atom stereocenters. The van der Waals surface area contributed by atoms with Crippen LogP contribution in [0.5, 0.6) is 0 Å². The topological polar surface area (TPSA) is 32.3 Å². The number of carbonyl (C=O) groups is 1. The zero-order valence-electron chi connectivity index (χ0n) is 13.6. The number of nitrogens with one attached hydrogen (secondary N) is 1. The Balaban J connectivity index is 2.12. The number of carbonyl (C=O) groups excluding carboxylic acids is 1. The predicted molar refractivity (Wildman–Crippen MR) is 104 cm³/mol. The maximum absolute atomic E-state index is 12.5. The molecule has 2 aromatic carbocycles. The second-order valence-electron chi connectivity index (χ2n) is 5.34. The van der Waals surface area contributed by atoms with Gasteiger partial charge in [-0.15, -0.1) is 0 Å². The van der Waals surface area contributed by atoms with Crippen LogP contribution in [0.1, 0.15) is 35.8 Å². The third-order valence-corrected chi connectivity index (χ3v) is 4.95. The summed E-state index contributed by atoms with van der Waals surface area (Å²) in [5.74, 6) is -0.0110. The van der Waals surface area contributed by atoms with Crippen molar-refractivity contribution in [3.63, 3.8) is 0 Å². The molecular weight excluding hydrogens is 399 g/mol. The van der Waals surface area contributed by atoms with Crippen LogP contribution in [-0.2, 0) is 0 Å². The van der Waals surface area contributed by atoms with Gasteiger partial charge in [-0.1, -0.05) is 56.3 Å². The van der Waals surface area contributed by atoms with E-state index in [1.165, 1.54) is 5.56 Å². The molecule has 0 bridgehead atoms. The molecule has 2 rings (SSSR count). The average molecular weight is 422 g/mol. The van der Waals surface area contributed by atoms with Crippen molar-refractivity contribution < 1.29 is 4.79 Å². The molecule has 1 N–H and O–H groups in total. The SMILES string of the molecule is CCN(CC)C(CNC(=O)c1ccccc1I)c1ccccc1. The lowest BCUT2D eigenvalue weighted by molar-refractivity contribution is 0.0934. The van der Waals surface area contributed by atoms with Gasteiger partial charge in [-0.05, 0) is 53.4 Å². The van der Waals surface area contributed by atoms with E-state index in [9.17, 15) is 4.79 Å².